The largest absolute Gasteiger partial charge is 0.497 e. The molecule has 0 aliphatic rings. The van der Waals surface area contributed by atoms with Crippen LogP contribution in [0.5, 0.6) is 5.75 Å². The second-order valence-electron chi connectivity index (χ2n) is 3.64. The van der Waals surface area contributed by atoms with Crippen molar-refractivity contribution in [3.8, 4) is 5.75 Å². The van der Waals surface area contributed by atoms with Gasteiger partial charge in [0.25, 0.3) is 0 Å². The first-order chi connectivity index (χ1) is 8.78. The predicted octanol–water partition coefficient (Wildman–Crippen LogP) is 2.83. The summed E-state index contributed by atoms with van der Waals surface area (Å²) in [6, 6.07) is 11.1. The molecule has 0 aliphatic heterocycles. The smallest absolute Gasteiger partial charge is 0.193 e. The number of halogens is 1. The van der Waals surface area contributed by atoms with Gasteiger partial charge in [0.05, 0.1) is 13.4 Å². The van der Waals surface area contributed by atoms with Crippen molar-refractivity contribution < 1.29 is 9.15 Å². The number of guanidine groups is 1. The van der Waals surface area contributed by atoms with Crippen molar-refractivity contribution in [3.05, 3.63) is 48.4 Å². The summed E-state index contributed by atoms with van der Waals surface area (Å²) in [4.78, 5) is 4.17. The summed E-state index contributed by atoms with van der Waals surface area (Å²) < 4.78 is 10.3. The number of ether oxygens (including phenoxy) is 1. The van der Waals surface area contributed by atoms with Crippen molar-refractivity contribution in [2.75, 3.05) is 12.4 Å². The standard InChI is InChI=1S/C13H15N3O2.HI/c1-17-11-5-2-4-10(8-11)16-13(14)15-9-12-6-3-7-18-12;/h2-8H,9H2,1H3,(H3,14,15,16);1H. The first-order valence-corrected chi connectivity index (χ1v) is 5.51. The first kappa shape index (κ1) is 15.4. The average Bonchev–Trinajstić information content (AvgIpc) is 2.90. The Balaban J connectivity index is 0.00000180. The van der Waals surface area contributed by atoms with Crippen LogP contribution in [0.4, 0.5) is 5.69 Å². The van der Waals surface area contributed by atoms with Crippen LogP contribution in [0.25, 0.3) is 0 Å². The average molecular weight is 373 g/mol. The van der Waals surface area contributed by atoms with Crippen LogP contribution in [0.3, 0.4) is 0 Å². The van der Waals surface area contributed by atoms with Gasteiger partial charge in [0.15, 0.2) is 5.96 Å². The Labute approximate surface area is 128 Å². The molecule has 0 saturated carbocycles. The van der Waals surface area contributed by atoms with Crippen LogP contribution >= 0.6 is 24.0 Å². The van der Waals surface area contributed by atoms with Crippen LogP contribution in [0.1, 0.15) is 5.76 Å². The summed E-state index contributed by atoms with van der Waals surface area (Å²) in [6.07, 6.45) is 1.61. The Bertz CT molecular complexity index is 526. The molecule has 0 spiro atoms. The number of methoxy groups -OCH3 is 1. The minimum atomic E-state index is 0. The van der Waals surface area contributed by atoms with Crippen molar-refractivity contribution in [1.82, 2.24) is 0 Å². The molecule has 1 aromatic heterocycles. The zero-order chi connectivity index (χ0) is 12.8. The highest BCUT2D eigenvalue weighted by atomic mass is 127. The molecule has 5 nitrogen and oxygen atoms in total. The van der Waals surface area contributed by atoms with Gasteiger partial charge >= 0.3 is 0 Å². The maximum atomic E-state index is 5.77. The van der Waals surface area contributed by atoms with Crippen LogP contribution in [-0.4, -0.2) is 13.1 Å². The van der Waals surface area contributed by atoms with Gasteiger partial charge in [-0.3, -0.25) is 0 Å². The van der Waals surface area contributed by atoms with E-state index < -0.39 is 0 Å². The predicted molar refractivity (Wildman–Crippen MR) is 86.1 cm³/mol. The van der Waals surface area contributed by atoms with Gasteiger partial charge in [0.1, 0.15) is 18.1 Å². The normalized spacial score (nSPS) is 10.7. The van der Waals surface area contributed by atoms with Crippen LogP contribution in [0.15, 0.2) is 52.1 Å². The maximum Gasteiger partial charge on any atom is 0.193 e. The Morgan fingerprint density at radius 2 is 2.21 bits per heavy atom. The molecule has 0 fully saturated rings. The molecule has 3 N–H and O–H groups in total. The lowest BCUT2D eigenvalue weighted by atomic mass is 10.3. The van der Waals surface area contributed by atoms with E-state index in [2.05, 4.69) is 10.3 Å². The molecule has 0 unspecified atom stereocenters. The van der Waals surface area contributed by atoms with Crippen molar-refractivity contribution in [2.45, 2.75) is 6.54 Å². The van der Waals surface area contributed by atoms with E-state index in [1.807, 2.05) is 36.4 Å². The number of nitrogens with one attached hydrogen (secondary N) is 1. The molecule has 2 rings (SSSR count). The molecule has 6 heteroatoms. The van der Waals surface area contributed by atoms with E-state index in [0.29, 0.717) is 12.5 Å². The fraction of sp³-hybridized carbons (Fsp3) is 0.154. The van der Waals surface area contributed by atoms with Gasteiger partial charge in [-0.2, -0.15) is 0 Å². The van der Waals surface area contributed by atoms with Gasteiger partial charge < -0.3 is 20.2 Å². The molecule has 0 bridgehead atoms. The van der Waals surface area contributed by atoms with Crippen LogP contribution in [-0.2, 0) is 6.54 Å². The number of aliphatic imine (C=N–C) groups is 1. The molecule has 0 aliphatic carbocycles. The second kappa shape index (κ2) is 7.67. The minimum Gasteiger partial charge on any atom is -0.497 e. The van der Waals surface area contributed by atoms with E-state index in [1.54, 1.807) is 13.4 Å². The number of nitrogens with two attached hydrogens (primary N) is 1. The van der Waals surface area contributed by atoms with E-state index in [4.69, 9.17) is 14.9 Å². The Morgan fingerprint density at radius 3 is 2.89 bits per heavy atom. The zero-order valence-corrected chi connectivity index (χ0v) is 12.8. The van der Waals surface area contributed by atoms with Gasteiger partial charge in [-0.05, 0) is 24.3 Å². The highest BCUT2D eigenvalue weighted by Crippen LogP contribution is 2.16. The van der Waals surface area contributed by atoms with Crippen molar-refractivity contribution >= 4 is 35.6 Å². The molecule has 19 heavy (non-hydrogen) atoms. The molecule has 0 saturated heterocycles. The summed E-state index contributed by atoms with van der Waals surface area (Å²) >= 11 is 0. The zero-order valence-electron chi connectivity index (χ0n) is 10.5. The van der Waals surface area contributed by atoms with Crippen molar-refractivity contribution in [3.63, 3.8) is 0 Å². The number of nitrogens with zero attached hydrogens (tertiary/aromatic N) is 1. The number of furan rings is 1. The molecule has 102 valence electrons. The second-order valence-corrected chi connectivity index (χ2v) is 3.64. The van der Waals surface area contributed by atoms with Crippen molar-refractivity contribution in [2.24, 2.45) is 10.7 Å². The van der Waals surface area contributed by atoms with E-state index in [9.17, 15) is 0 Å². The lowest BCUT2D eigenvalue weighted by Gasteiger charge is -2.06. The number of hydrogen-bond donors (Lipinski definition) is 2. The maximum absolute atomic E-state index is 5.77. The third-order valence-corrected chi connectivity index (χ3v) is 2.33. The summed E-state index contributed by atoms with van der Waals surface area (Å²) in [5.74, 6) is 1.86. The summed E-state index contributed by atoms with van der Waals surface area (Å²) in [5.41, 5.74) is 6.60. The van der Waals surface area contributed by atoms with Crippen LogP contribution in [0, 0.1) is 0 Å². The minimum absolute atomic E-state index is 0. The summed E-state index contributed by atoms with van der Waals surface area (Å²) in [6.45, 7) is 0.413. The fourth-order valence-electron chi connectivity index (χ4n) is 1.45. The molecule has 1 heterocycles. The Hall–Kier alpha value is -1.70. The molecule has 0 radical (unpaired) electrons. The quantitative estimate of drug-likeness (QED) is 0.491. The summed E-state index contributed by atoms with van der Waals surface area (Å²) in [5, 5.41) is 2.99. The molecule has 2 aromatic rings. The number of rotatable bonds is 4. The fourth-order valence-corrected chi connectivity index (χ4v) is 1.45. The van der Waals surface area contributed by atoms with Crippen LogP contribution in [0.2, 0.25) is 0 Å². The number of benzene rings is 1. The van der Waals surface area contributed by atoms with Crippen molar-refractivity contribution in [1.29, 1.82) is 0 Å². The van der Waals surface area contributed by atoms with E-state index >= 15 is 0 Å². The topological polar surface area (TPSA) is 72.8 Å². The van der Waals surface area contributed by atoms with Gasteiger partial charge in [0, 0.05) is 11.8 Å². The molecule has 0 atom stereocenters. The van der Waals surface area contributed by atoms with Crippen LogP contribution < -0.4 is 15.8 Å². The first-order valence-electron chi connectivity index (χ1n) is 5.51. The highest BCUT2D eigenvalue weighted by Gasteiger charge is 1.98. The molecular formula is C13H16IN3O2. The summed E-state index contributed by atoms with van der Waals surface area (Å²) in [7, 11) is 1.62. The highest BCUT2D eigenvalue weighted by molar-refractivity contribution is 14.0. The molecular weight excluding hydrogens is 357 g/mol. The monoisotopic (exact) mass is 373 g/mol. The lowest BCUT2D eigenvalue weighted by Crippen LogP contribution is -2.22. The molecule has 1 aromatic carbocycles. The van der Waals surface area contributed by atoms with Gasteiger partial charge in [-0.15, -0.1) is 24.0 Å². The van der Waals surface area contributed by atoms with Gasteiger partial charge in [0.2, 0.25) is 0 Å². The molecule has 0 amide bonds. The van der Waals surface area contributed by atoms with Gasteiger partial charge in [-0.1, -0.05) is 6.07 Å². The lowest BCUT2D eigenvalue weighted by molar-refractivity contribution is 0.415. The number of anilines is 1. The Morgan fingerprint density at radius 1 is 1.37 bits per heavy atom. The van der Waals surface area contributed by atoms with Gasteiger partial charge in [-0.25, -0.2) is 4.99 Å². The third kappa shape index (κ3) is 4.82. The van der Waals surface area contributed by atoms with E-state index in [0.717, 1.165) is 17.2 Å². The SMILES string of the molecule is COc1cccc(NC(N)=NCc2ccco2)c1.I. The number of hydrogen-bond acceptors (Lipinski definition) is 3. The van der Waals surface area contributed by atoms with E-state index in [-0.39, 0.29) is 24.0 Å². The Kier molecular flexibility index (Phi) is 6.20. The van der Waals surface area contributed by atoms with E-state index in [1.165, 1.54) is 0 Å². The third-order valence-electron chi connectivity index (χ3n) is 2.33.